The summed E-state index contributed by atoms with van der Waals surface area (Å²) in [6.07, 6.45) is -0.699. The van der Waals surface area contributed by atoms with Crippen molar-refractivity contribution in [3.05, 3.63) is 21.5 Å². The van der Waals surface area contributed by atoms with Crippen molar-refractivity contribution in [3.8, 4) is 0 Å². The van der Waals surface area contributed by atoms with Gasteiger partial charge < -0.3 is 0 Å². The lowest BCUT2D eigenvalue weighted by Gasteiger charge is -2.15. The quantitative estimate of drug-likeness (QED) is 0.625. The molecule has 6 nitrogen and oxygen atoms in total. The maximum absolute atomic E-state index is 12.2. The molecule has 0 amide bonds. The molecule has 9 heteroatoms. The van der Waals surface area contributed by atoms with Gasteiger partial charge in [-0.25, -0.2) is 13.5 Å². The minimum Gasteiger partial charge on any atom is -0.296 e. The van der Waals surface area contributed by atoms with Crippen LogP contribution in [-0.4, -0.2) is 45.7 Å². The second-order valence-electron chi connectivity index (χ2n) is 4.12. The summed E-state index contributed by atoms with van der Waals surface area (Å²) >= 11 is 5.84. The maximum Gasteiger partial charge on any atom is 0.325 e. The molecule has 1 aromatic rings. The van der Waals surface area contributed by atoms with Gasteiger partial charge in [-0.2, -0.15) is 5.10 Å². The first-order valence-electron chi connectivity index (χ1n) is 5.37. The van der Waals surface area contributed by atoms with E-state index >= 15 is 0 Å². The monoisotopic (exact) mass is 280 g/mol. The van der Waals surface area contributed by atoms with Crippen LogP contribution in [0.4, 0.5) is 14.5 Å². The van der Waals surface area contributed by atoms with Crippen molar-refractivity contribution < 1.29 is 13.7 Å². The summed E-state index contributed by atoms with van der Waals surface area (Å²) in [6, 6.07) is -0.190. The number of nitrogens with zero attached hydrogens (tertiary/aromatic N) is 4. The zero-order chi connectivity index (χ0) is 13.3. The van der Waals surface area contributed by atoms with E-state index in [1.54, 1.807) is 4.90 Å². The van der Waals surface area contributed by atoms with Gasteiger partial charge >= 0.3 is 5.69 Å². The van der Waals surface area contributed by atoms with E-state index in [0.29, 0.717) is 19.5 Å². The van der Waals surface area contributed by atoms with Gasteiger partial charge in [0.2, 0.25) is 5.15 Å². The fourth-order valence-electron chi connectivity index (χ4n) is 2.09. The minimum absolute atomic E-state index is 0.0519. The largest absolute Gasteiger partial charge is 0.325 e. The van der Waals surface area contributed by atoms with Crippen LogP contribution in [0.3, 0.4) is 0 Å². The number of likely N-dealkylation sites (tertiary alicyclic amines) is 1. The number of hydrogen-bond donors (Lipinski definition) is 0. The fraction of sp³-hybridized carbons (Fsp3) is 0.667. The highest BCUT2D eigenvalue weighted by Crippen LogP contribution is 2.30. The lowest BCUT2D eigenvalue weighted by Crippen LogP contribution is -2.27. The number of halogens is 3. The van der Waals surface area contributed by atoms with E-state index in [9.17, 15) is 18.9 Å². The number of aromatic nitrogens is 2. The molecular weight excluding hydrogens is 270 g/mol. The number of alkyl halides is 2. The summed E-state index contributed by atoms with van der Waals surface area (Å²) in [5, 5.41) is 14.4. The molecule has 18 heavy (non-hydrogen) atoms. The van der Waals surface area contributed by atoms with Crippen molar-refractivity contribution in [2.24, 2.45) is 0 Å². The van der Waals surface area contributed by atoms with Crippen molar-refractivity contribution in [2.45, 2.75) is 18.9 Å². The van der Waals surface area contributed by atoms with Crippen LogP contribution in [0, 0.1) is 10.1 Å². The Hall–Kier alpha value is -1.28. The second kappa shape index (κ2) is 5.15. The van der Waals surface area contributed by atoms with Crippen LogP contribution in [0.2, 0.25) is 5.15 Å². The molecule has 0 aliphatic carbocycles. The van der Waals surface area contributed by atoms with Gasteiger partial charge in [0.1, 0.15) is 6.20 Å². The van der Waals surface area contributed by atoms with E-state index in [2.05, 4.69) is 5.10 Å². The topological polar surface area (TPSA) is 64.2 Å². The van der Waals surface area contributed by atoms with Crippen molar-refractivity contribution in [3.63, 3.8) is 0 Å². The molecule has 0 radical (unpaired) electrons. The van der Waals surface area contributed by atoms with Crippen LogP contribution >= 0.6 is 11.6 Å². The smallest absolute Gasteiger partial charge is 0.296 e. The predicted molar refractivity (Wildman–Crippen MR) is 60.0 cm³/mol. The Bertz CT molecular complexity index is 454. The van der Waals surface area contributed by atoms with Crippen LogP contribution in [0.25, 0.3) is 0 Å². The molecule has 1 aliphatic rings. The van der Waals surface area contributed by atoms with E-state index in [-0.39, 0.29) is 23.4 Å². The van der Waals surface area contributed by atoms with Crippen molar-refractivity contribution in [2.75, 3.05) is 19.6 Å². The number of hydrogen-bond acceptors (Lipinski definition) is 4. The van der Waals surface area contributed by atoms with Crippen LogP contribution in [-0.2, 0) is 0 Å². The summed E-state index contributed by atoms with van der Waals surface area (Å²) in [5.41, 5.74) is -0.260. The average molecular weight is 281 g/mol. The molecule has 1 atom stereocenters. The zero-order valence-electron chi connectivity index (χ0n) is 9.30. The van der Waals surface area contributed by atoms with Crippen LogP contribution in [0.15, 0.2) is 6.20 Å². The lowest BCUT2D eigenvalue weighted by atomic mass is 10.3. The first-order chi connectivity index (χ1) is 8.49. The fourth-order valence-corrected chi connectivity index (χ4v) is 2.39. The summed E-state index contributed by atoms with van der Waals surface area (Å²) in [7, 11) is 0. The lowest BCUT2D eigenvalue weighted by molar-refractivity contribution is -0.384. The maximum atomic E-state index is 12.2. The molecule has 2 heterocycles. The molecule has 1 saturated heterocycles. The zero-order valence-corrected chi connectivity index (χ0v) is 10.1. The van der Waals surface area contributed by atoms with Gasteiger partial charge in [0.25, 0.3) is 6.43 Å². The van der Waals surface area contributed by atoms with E-state index < -0.39 is 11.3 Å². The molecular formula is C9H11ClF2N4O2. The van der Waals surface area contributed by atoms with Gasteiger partial charge in [-0.05, 0) is 6.42 Å². The minimum atomic E-state index is -2.38. The Balaban J connectivity index is 2.08. The van der Waals surface area contributed by atoms with E-state index in [4.69, 9.17) is 11.6 Å². The van der Waals surface area contributed by atoms with E-state index in [0.717, 1.165) is 6.20 Å². The molecule has 1 aromatic heterocycles. The van der Waals surface area contributed by atoms with Gasteiger partial charge in [0.15, 0.2) is 0 Å². The summed E-state index contributed by atoms with van der Waals surface area (Å²) in [6.45, 7) is 0.597. The van der Waals surface area contributed by atoms with Gasteiger partial charge in [0.05, 0.1) is 17.5 Å². The molecule has 0 bridgehead atoms. The van der Waals surface area contributed by atoms with Crippen molar-refractivity contribution >= 4 is 17.3 Å². The second-order valence-corrected chi connectivity index (χ2v) is 4.47. The molecule has 0 spiro atoms. The molecule has 1 fully saturated rings. The van der Waals surface area contributed by atoms with Gasteiger partial charge in [-0.3, -0.25) is 15.0 Å². The van der Waals surface area contributed by atoms with Crippen molar-refractivity contribution in [1.29, 1.82) is 0 Å². The molecule has 0 unspecified atom stereocenters. The Morgan fingerprint density at radius 1 is 1.67 bits per heavy atom. The molecule has 0 N–H and O–H groups in total. The van der Waals surface area contributed by atoms with Gasteiger partial charge in [0, 0.05) is 13.1 Å². The number of nitro groups is 1. The third kappa shape index (κ3) is 2.59. The Morgan fingerprint density at radius 3 is 2.94 bits per heavy atom. The van der Waals surface area contributed by atoms with E-state index in [1.165, 1.54) is 4.68 Å². The third-order valence-electron chi connectivity index (χ3n) is 2.90. The highest BCUT2D eigenvalue weighted by atomic mass is 35.5. The van der Waals surface area contributed by atoms with Crippen LogP contribution < -0.4 is 0 Å². The summed E-state index contributed by atoms with van der Waals surface area (Å²) in [4.78, 5) is 11.6. The average Bonchev–Trinajstić information content (AvgIpc) is 2.83. The standard InChI is InChI=1S/C9H11ClF2N4O2/c10-9-7(16(17)18)3-13-15(9)6-1-2-14(4-6)5-8(11)12/h3,6,8H,1-2,4-5H2/t6-/m1/s1. The van der Waals surface area contributed by atoms with Crippen molar-refractivity contribution in [1.82, 2.24) is 14.7 Å². The SMILES string of the molecule is O=[N+]([O-])c1cnn([C@@H]2CCN(CC(F)F)C2)c1Cl. The summed E-state index contributed by atoms with van der Waals surface area (Å²) in [5.74, 6) is 0. The normalized spacial score (nSPS) is 20.8. The Kier molecular flexibility index (Phi) is 3.76. The van der Waals surface area contributed by atoms with Crippen LogP contribution in [0.1, 0.15) is 12.5 Å². The highest BCUT2D eigenvalue weighted by Gasteiger charge is 2.30. The van der Waals surface area contributed by atoms with Gasteiger partial charge in [-0.15, -0.1) is 0 Å². The molecule has 2 rings (SSSR count). The predicted octanol–water partition coefficient (Wildman–Crippen LogP) is 1.96. The first kappa shape index (κ1) is 13.2. The van der Waals surface area contributed by atoms with Gasteiger partial charge in [-0.1, -0.05) is 11.6 Å². The van der Waals surface area contributed by atoms with E-state index in [1.807, 2.05) is 0 Å². The molecule has 100 valence electrons. The molecule has 0 saturated carbocycles. The Labute approximate surface area is 106 Å². The molecule has 0 aromatic carbocycles. The highest BCUT2D eigenvalue weighted by molar-refractivity contribution is 6.31. The molecule has 1 aliphatic heterocycles. The van der Waals surface area contributed by atoms with Crippen LogP contribution in [0.5, 0.6) is 0 Å². The first-order valence-corrected chi connectivity index (χ1v) is 5.74. The third-order valence-corrected chi connectivity index (χ3v) is 3.27. The Morgan fingerprint density at radius 2 is 2.39 bits per heavy atom. The summed E-state index contributed by atoms with van der Waals surface area (Å²) < 4.78 is 25.8. The number of rotatable bonds is 4.